The summed E-state index contributed by atoms with van der Waals surface area (Å²) in [6.45, 7) is 4.03. The maximum Gasteiger partial charge on any atom is 0.428 e. The van der Waals surface area contributed by atoms with E-state index < -0.39 is 17.4 Å². The van der Waals surface area contributed by atoms with Crippen molar-refractivity contribution < 1.29 is 18.3 Å². The van der Waals surface area contributed by atoms with Crippen LogP contribution in [0.25, 0.3) is 16.9 Å². The van der Waals surface area contributed by atoms with Gasteiger partial charge in [-0.25, -0.2) is 18.3 Å². The highest BCUT2D eigenvalue weighted by Crippen LogP contribution is 2.22. The number of ether oxygens (including phenoxy) is 1. The third kappa shape index (κ3) is 6.03. The van der Waals surface area contributed by atoms with Gasteiger partial charge in [-0.1, -0.05) is 67.1 Å². The summed E-state index contributed by atoms with van der Waals surface area (Å²) in [6, 6.07) is 24.8. The smallest absolute Gasteiger partial charge is 0.410 e. The van der Waals surface area contributed by atoms with Gasteiger partial charge in [-0.3, -0.25) is 4.55 Å². The number of carbonyl (C=O) groups is 1. The summed E-state index contributed by atoms with van der Waals surface area (Å²) in [5.41, 5.74) is 4.90. The van der Waals surface area contributed by atoms with Crippen molar-refractivity contribution in [3.05, 3.63) is 102 Å². The molecule has 0 saturated carbocycles. The van der Waals surface area contributed by atoms with Crippen molar-refractivity contribution in [1.82, 2.24) is 13.9 Å². The minimum Gasteiger partial charge on any atom is -0.410 e. The summed E-state index contributed by atoms with van der Waals surface area (Å²) in [6.07, 6.45) is 2.34. The highest BCUT2D eigenvalue weighted by molar-refractivity contribution is 7.77. The average Bonchev–Trinajstić information content (AvgIpc) is 3.31. The van der Waals surface area contributed by atoms with E-state index in [1.165, 1.54) is 0 Å². The van der Waals surface area contributed by atoms with E-state index in [1.807, 2.05) is 67.7 Å². The van der Waals surface area contributed by atoms with Crippen molar-refractivity contribution in [2.45, 2.75) is 26.7 Å². The molecular formula is C27H27N3O4S. The van der Waals surface area contributed by atoms with E-state index in [4.69, 9.17) is 9.72 Å². The Morgan fingerprint density at radius 1 is 1.03 bits per heavy atom. The summed E-state index contributed by atoms with van der Waals surface area (Å²) in [7, 11) is 0. The second kappa shape index (κ2) is 11.1. The van der Waals surface area contributed by atoms with Gasteiger partial charge in [0.1, 0.15) is 11.6 Å². The van der Waals surface area contributed by atoms with Gasteiger partial charge >= 0.3 is 6.09 Å². The molecule has 1 atom stereocenters. The summed E-state index contributed by atoms with van der Waals surface area (Å²) in [5.74, 6) is 1.28. The Hall–Kier alpha value is -3.75. The predicted molar refractivity (Wildman–Crippen MR) is 137 cm³/mol. The number of hydrogen-bond acceptors (Lipinski definition) is 4. The third-order valence-corrected chi connectivity index (χ3v) is 6.31. The van der Waals surface area contributed by atoms with E-state index in [2.05, 4.69) is 11.5 Å². The van der Waals surface area contributed by atoms with E-state index in [-0.39, 0.29) is 6.54 Å². The maximum atomic E-state index is 12.4. The molecule has 1 amide bonds. The zero-order valence-corrected chi connectivity index (χ0v) is 20.4. The first kappa shape index (κ1) is 24.4. The first-order valence-corrected chi connectivity index (χ1v) is 12.4. The Morgan fingerprint density at radius 3 is 2.34 bits per heavy atom. The largest absolute Gasteiger partial charge is 0.428 e. The molecule has 1 aromatic heterocycles. The molecule has 0 aliphatic rings. The van der Waals surface area contributed by atoms with Crippen molar-refractivity contribution in [3.8, 4) is 22.7 Å². The lowest BCUT2D eigenvalue weighted by Crippen LogP contribution is -2.36. The van der Waals surface area contributed by atoms with Gasteiger partial charge in [0, 0.05) is 30.4 Å². The van der Waals surface area contributed by atoms with Crippen LogP contribution in [0.15, 0.2) is 85.1 Å². The number of imidazole rings is 1. The number of benzene rings is 3. The van der Waals surface area contributed by atoms with Gasteiger partial charge in [0.25, 0.3) is 11.3 Å². The molecule has 1 unspecified atom stereocenters. The molecule has 1 heterocycles. The van der Waals surface area contributed by atoms with E-state index in [0.29, 0.717) is 12.2 Å². The first-order valence-electron chi connectivity index (χ1n) is 11.3. The number of aryl methyl sites for hydroxylation is 2. The number of carbonyl (C=O) groups excluding carboxylic acids is 1. The molecule has 0 bridgehead atoms. The van der Waals surface area contributed by atoms with Crippen LogP contribution in [0.3, 0.4) is 0 Å². The molecule has 180 valence electrons. The fourth-order valence-corrected chi connectivity index (χ4v) is 4.10. The van der Waals surface area contributed by atoms with Crippen LogP contribution in [-0.2, 0) is 24.1 Å². The van der Waals surface area contributed by atoms with Crippen LogP contribution >= 0.6 is 0 Å². The van der Waals surface area contributed by atoms with Crippen molar-refractivity contribution in [2.24, 2.45) is 0 Å². The minimum absolute atomic E-state index is 0.0383. The molecular weight excluding hydrogens is 462 g/mol. The Labute approximate surface area is 207 Å². The molecule has 35 heavy (non-hydrogen) atoms. The molecule has 0 aliphatic carbocycles. The molecule has 1 N–H and O–H groups in total. The quantitative estimate of drug-likeness (QED) is 0.326. The van der Waals surface area contributed by atoms with Crippen LogP contribution in [-0.4, -0.2) is 35.3 Å². The number of hydrogen-bond donors (Lipinski definition) is 1. The fourth-order valence-electron chi connectivity index (χ4n) is 3.68. The normalized spacial score (nSPS) is 11.7. The van der Waals surface area contributed by atoms with Gasteiger partial charge in [0.15, 0.2) is 0 Å². The highest BCUT2D eigenvalue weighted by Gasteiger charge is 2.21. The van der Waals surface area contributed by atoms with Crippen molar-refractivity contribution in [2.75, 3.05) is 6.54 Å². The van der Waals surface area contributed by atoms with E-state index >= 15 is 0 Å². The number of rotatable bonds is 8. The van der Waals surface area contributed by atoms with Crippen LogP contribution in [0, 0.1) is 6.92 Å². The van der Waals surface area contributed by atoms with Crippen LogP contribution in [0.2, 0.25) is 0 Å². The van der Waals surface area contributed by atoms with Gasteiger partial charge in [-0.2, -0.15) is 0 Å². The Morgan fingerprint density at radius 2 is 1.71 bits per heavy atom. The average molecular weight is 490 g/mol. The minimum atomic E-state index is -2.49. The molecule has 8 heteroatoms. The van der Waals surface area contributed by atoms with E-state index in [9.17, 15) is 13.6 Å². The van der Waals surface area contributed by atoms with Crippen molar-refractivity contribution in [3.63, 3.8) is 0 Å². The molecule has 0 saturated heterocycles. The lowest BCUT2D eigenvalue weighted by Gasteiger charge is -2.17. The van der Waals surface area contributed by atoms with Gasteiger partial charge in [-0.15, -0.1) is 0 Å². The van der Waals surface area contributed by atoms with Crippen LogP contribution < -0.4 is 4.74 Å². The third-order valence-electron chi connectivity index (χ3n) is 5.60. The van der Waals surface area contributed by atoms with Gasteiger partial charge in [-0.05, 0) is 43.2 Å². The molecule has 4 rings (SSSR count). The second-order valence-corrected chi connectivity index (χ2v) is 8.96. The molecule has 7 nitrogen and oxygen atoms in total. The fraction of sp³-hybridized carbons (Fsp3) is 0.185. The molecule has 0 aliphatic heterocycles. The van der Waals surface area contributed by atoms with Crippen molar-refractivity contribution >= 4 is 17.4 Å². The SMILES string of the molecule is CCc1nc(-c2ccccc2)cn1-c1ccc(CCN(C(=O)Oc2ccc(C)cc2)S(=O)O)cc1. The lowest BCUT2D eigenvalue weighted by atomic mass is 10.1. The standard InChI is InChI=1S/C27H27N3O4S/c1-3-26-28-25(22-7-5-4-6-8-22)19-29(26)23-13-11-21(12-14-23)17-18-30(35(32)33)27(31)34-24-15-9-20(2)10-16-24/h4-16,19H,3,17-18H2,1-2H3,(H,32,33). The summed E-state index contributed by atoms with van der Waals surface area (Å²) in [4.78, 5) is 17.2. The summed E-state index contributed by atoms with van der Waals surface area (Å²) < 4.78 is 29.5. The Kier molecular flexibility index (Phi) is 7.74. The zero-order valence-electron chi connectivity index (χ0n) is 19.6. The van der Waals surface area contributed by atoms with Crippen LogP contribution in [0.4, 0.5) is 4.79 Å². The summed E-state index contributed by atoms with van der Waals surface area (Å²) in [5, 5.41) is 0. The monoisotopic (exact) mass is 489 g/mol. The van der Waals surface area contributed by atoms with Crippen LogP contribution in [0.1, 0.15) is 23.9 Å². The number of nitrogens with zero attached hydrogens (tertiary/aromatic N) is 3. The van der Waals surface area contributed by atoms with Gasteiger partial charge < -0.3 is 9.30 Å². The maximum absolute atomic E-state index is 12.4. The molecule has 0 radical (unpaired) electrons. The number of amides is 1. The van der Waals surface area contributed by atoms with E-state index in [0.717, 1.165) is 44.6 Å². The Balaban J connectivity index is 1.44. The molecule has 0 spiro atoms. The van der Waals surface area contributed by atoms with E-state index in [1.54, 1.807) is 24.3 Å². The molecule has 0 fully saturated rings. The van der Waals surface area contributed by atoms with Crippen LogP contribution in [0.5, 0.6) is 5.75 Å². The highest BCUT2D eigenvalue weighted by atomic mass is 32.2. The summed E-state index contributed by atoms with van der Waals surface area (Å²) >= 11 is -2.49. The lowest BCUT2D eigenvalue weighted by molar-refractivity contribution is 0.178. The molecule has 4 aromatic rings. The predicted octanol–water partition coefficient (Wildman–Crippen LogP) is 5.59. The second-order valence-electron chi connectivity index (χ2n) is 8.06. The van der Waals surface area contributed by atoms with Gasteiger partial charge in [0.05, 0.1) is 5.69 Å². The zero-order chi connectivity index (χ0) is 24.8. The Bertz CT molecular complexity index is 1300. The topological polar surface area (TPSA) is 84.7 Å². The van der Waals surface area contributed by atoms with Crippen molar-refractivity contribution in [1.29, 1.82) is 0 Å². The van der Waals surface area contributed by atoms with Gasteiger partial charge in [0.2, 0.25) is 0 Å². The molecule has 3 aromatic carbocycles. The first-order chi connectivity index (χ1) is 16.9. The number of aromatic nitrogens is 2.